The molecule has 6 aromatic rings. The van der Waals surface area contributed by atoms with Gasteiger partial charge in [-0.1, -0.05) is 24.3 Å². The molecule has 0 atom stereocenters. The van der Waals surface area contributed by atoms with Crippen molar-refractivity contribution in [1.82, 2.24) is 9.97 Å². The van der Waals surface area contributed by atoms with Gasteiger partial charge in [0.15, 0.2) is 24.8 Å². The first-order valence-electron chi connectivity index (χ1n) is 17.7. The summed E-state index contributed by atoms with van der Waals surface area (Å²) in [6, 6.07) is 33.1. The second kappa shape index (κ2) is 17.4. The zero-order valence-corrected chi connectivity index (χ0v) is 29.1. The van der Waals surface area contributed by atoms with Crippen LogP contribution in [-0.2, 0) is 13.1 Å². The predicted molar refractivity (Wildman–Crippen MR) is 211 cm³/mol. The smallest absolute Gasteiger partial charge is 0.169 e. The quantitative estimate of drug-likeness (QED) is 0.141. The lowest BCUT2D eigenvalue weighted by atomic mass is 10.1. The van der Waals surface area contributed by atoms with Crippen LogP contribution in [0, 0.1) is 0 Å². The highest BCUT2D eigenvalue weighted by atomic mass is 14.9. The van der Waals surface area contributed by atoms with Gasteiger partial charge in [0, 0.05) is 86.7 Å². The molecular weight excluding hydrogens is 641 g/mol. The maximum Gasteiger partial charge on any atom is 0.169 e. The topological polar surface area (TPSA) is 82.3 Å². The number of fused-ring (bicyclic) bond motifs is 2. The van der Waals surface area contributed by atoms with Crippen LogP contribution in [0.4, 0.5) is 22.7 Å². The van der Waals surface area contributed by atoms with Crippen molar-refractivity contribution in [1.29, 1.82) is 0 Å². The third-order valence-electron chi connectivity index (χ3n) is 8.95. The lowest BCUT2D eigenvalue weighted by molar-refractivity contribution is -0.697. The van der Waals surface area contributed by atoms with E-state index in [2.05, 4.69) is 103 Å². The molecule has 0 radical (unpaired) electrons. The molecule has 0 saturated heterocycles. The Morgan fingerprint density at radius 1 is 0.442 bits per heavy atom. The monoisotopic (exact) mass is 682 g/mol. The first-order chi connectivity index (χ1) is 25.8. The minimum Gasteiger partial charge on any atom is -0.360 e. The Bertz CT molecular complexity index is 2010. The number of allylic oxidation sites excluding steroid dienone is 2. The normalized spacial score (nSPS) is 12.7. The molecule has 5 heterocycles. The molecule has 2 N–H and O–H groups in total. The molecule has 8 nitrogen and oxygen atoms in total. The fraction of sp³-hybridized carbons (Fsp3) is 0.136. The summed E-state index contributed by atoms with van der Waals surface area (Å²) in [4.78, 5) is 18.2. The van der Waals surface area contributed by atoms with Gasteiger partial charge in [0.1, 0.15) is 13.1 Å². The number of aromatic nitrogens is 4. The number of hydrogen-bond acceptors (Lipinski definition) is 6. The van der Waals surface area contributed by atoms with Crippen molar-refractivity contribution in [2.75, 3.05) is 10.6 Å². The molecule has 7 rings (SSSR count). The van der Waals surface area contributed by atoms with Crippen LogP contribution in [0.1, 0.15) is 25.7 Å². The molecule has 256 valence electrons. The Kier molecular flexibility index (Phi) is 11.4. The van der Waals surface area contributed by atoms with E-state index in [1.54, 1.807) is 0 Å². The van der Waals surface area contributed by atoms with Gasteiger partial charge >= 0.3 is 0 Å². The van der Waals surface area contributed by atoms with Gasteiger partial charge in [-0.2, -0.15) is 0 Å². The van der Waals surface area contributed by atoms with Crippen molar-refractivity contribution in [2.45, 2.75) is 38.8 Å². The molecule has 0 aliphatic carbocycles. The van der Waals surface area contributed by atoms with Gasteiger partial charge in [-0.05, 0) is 94.8 Å². The predicted octanol–water partition coefficient (Wildman–Crippen LogP) is 9.06. The summed E-state index contributed by atoms with van der Waals surface area (Å²) in [5.74, 6) is 0. The molecule has 0 bridgehead atoms. The van der Waals surface area contributed by atoms with Gasteiger partial charge in [-0.15, -0.1) is 0 Å². The van der Waals surface area contributed by atoms with E-state index in [1.165, 1.54) is 22.3 Å². The summed E-state index contributed by atoms with van der Waals surface area (Å²) in [7, 11) is 0. The lowest BCUT2D eigenvalue weighted by Crippen LogP contribution is -2.32. The number of hydrogen-bond donors (Lipinski definition) is 2. The minimum atomic E-state index is 0.852. The number of aliphatic imine (C=N–C) groups is 2. The Balaban J connectivity index is 1.04. The number of pyridine rings is 4. The second-order valence-corrected chi connectivity index (χ2v) is 12.6. The number of nitrogens with zero attached hydrogens (tertiary/aromatic N) is 6. The molecule has 0 fully saturated rings. The zero-order chi connectivity index (χ0) is 35.2. The highest BCUT2D eigenvalue weighted by Crippen LogP contribution is 2.28. The Labute approximate surface area is 305 Å². The van der Waals surface area contributed by atoms with E-state index >= 15 is 0 Å². The van der Waals surface area contributed by atoms with Crippen molar-refractivity contribution in [3.63, 3.8) is 0 Å². The Morgan fingerprint density at radius 3 is 1.25 bits per heavy atom. The molecule has 0 amide bonds. The molecule has 1 aliphatic heterocycles. The van der Waals surface area contributed by atoms with Gasteiger partial charge < -0.3 is 10.6 Å². The van der Waals surface area contributed by atoms with Gasteiger partial charge in [-0.3, -0.25) is 20.0 Å². The highest BCUT2D eigenvalue weighted by Gasteiger charge is 2.08. The first-order valence-corrected chi connectivity index (χ1v) is 17.7. The van der Waals surface area contributed by atoms with Crippen molar-refractivity contribution in [3.05, 3.63) is 170 Å². The van der Waals surface area contributed by atoms with Crippen molar-refractivity contribution < 1.29 is 9.13 Å². The average Bonchev–Trinajstić information content (AvgIpc) is 3.21. The maximum atomic E-state index is 4.96. The lowest BCUT2D eigenvalue weighted by Gasteiger charge is -2.11. The van der Waals surface area contributed by atoms with E-state index in [1.807, 2.05) is 97.9 Å². The minimum absolute atomic E-state index is 0.852. The van der Waals surface area contributed by atoms with Gasteiger partial charge in [0.2, 0.25) is 0 Å². The van der Waals surface area contributed by atoms with Crippen LogP contribution in [0.2, 0.25) is 0 Å². The molecule has 1 aliphatic rings. The van der Waals surface area contributed by atoms with Gasteiger partial charge in [0.25, 0.3) is 0 Å². The standard InChI is InChI=1S/C44H41N8/c1-2-10-42-41(9-1)47-31-35(7-5-25-51-27-17-39(18-28-51)37-13-21-45-22-14-37)33-49-43-11-3-4-12-44(43)50-34-36(32-48-42)8-6-26-52-29-19-40(20-30-52)38-15-23-46-24-16-38/h1-4,9-24,27-34,45H,5-8,25-26H2/q+1/p+1. The molecule has 4 aromatic heterocycles. The largest absolute Gasteiger partial charge is 0.360 e. The molecule has 0 unspecified atom stereocenters. The fourth-order valence-corrected chi connectivity index (χ4v) is 6.03. The summed E-state index contributed by atoms with van der Waals surface area (Å²) in [6.45, 7) is 1.79. The van der Waals surface area contributed by atoms with Crippen molar-refractivity contribution >= 4 is 35.2 Å². The van der Waals surface area contributed by atoms with Crippen LogP contribution in [-0.4, -0.2) is 22.4 Å². The summed E-state index contributed by atoms with van der Waals surface area (Å²) in [5, 5.41) is 7.08. The second-order valence-electron chi connectivity index (χ2n) is 12.6. The molecule has 0 spiro atoms. The van der Waals surface area contributed by atoms with E-state index in [9.17, 15) is 0 Å². The third kappa shape index (κ3) is 9.37. The van der Waals surface area contributed by atoms with Crippen LogP contribution in [0.5, 0.6) is 0 Å². The summed E-state index contributed by atoms with van der Waals surface area (Å²) in [5.41, 5.74) is 10.5. The molecular formula is C44H42N8+2. The molecule has 0 saturated carbocycles. The number of nitrogens with one attached hydrogen (secondary N) is 2. The van der Waals surface area contributed by atoms with Crippen LogP contribution in [0.25, 0.3) is 22.3 Å². The summed E-state index contributed by atoms with van der Waals surface area (Å²) in [6.07, 6.45) is 27.6. The fourth-order valence-electron chi connectivity index (χ4n) is 6.03. The van der Waals surface area contributed by atoms with E-state index in [0.717, 1.165) is 72.7 Å². The average molecular weight is 683 g/mol. The number of rotatable bonds is 10. The van der Waals surface area contributed by atoms with E-state index in [0.29, 0.717) is 0 Å². The number of aryl methyl sites for hydroxylation is 2. The summed E-state index contributed by atoms with van der Waals surface area (Å²) < 4.78 is 4.45. The van der Waals surface area contributed by atoms with Crippen LogP contribution < -0.4 is 19.8 Å². The van der Waals surface area contributed by atoms with Gasteiger partial charge in [0.05, 0.1) is 22.7 Å². The van der Waals surface area contributed by atoms with Gasteiger partial charge in [-0.25, -0.2) is 9.13 Å². The molecule has 52 heavy (non-hydrogen) atoms. The maximum absolute atomic E-state index is 4.96. The van der Waals surface area contributed by atoms with E-state index in [4.69, 9.17) is 9.98 Å². The number of benzene rings is 2. The Morgan fingerprint density at radius 2 is 0.827 bits per heavy atom. The van der Waals surface area contributed by atoms with E-state index < -0.39 is 0 Å². The first kappa shape index (κ1) is 33.9. The van der Waals surface area contributed by atoms with Crippen molar-refractivity contribution in [2.24, 2.45) is 9.98 Å². The molecule has 8 heteroatoms. The molecule has 2 aromatic carbocycles. The van der Waals surface area contributed by atoms with Crippen molar-refractivity contribution in [3.8, 4) is 22.3 Å². The van der Waals surface area contributed by atoms with Crippen LogP contribution >= 0.6 is 0 Å². The third-order valence-corrected chi connectivity index (χ3v) is 8.95. The van der Waals surface area contributed by atoms with Crippen LogP contribution in [0.3, 0.4) is 0 Å². The zero-order valence-electron chi connectivity index (χ0n) is 29.1. The number of para-hydroxylation sites is 4. The number of anilines is 2. The summed E-state index contributed by atoms with van der Waals surface area (Å²) >= 11 is 0. The SMILES string of the molecule is C1=Nc2ccccc2NC=C(CCC[n+]2ccc(-c3ccncc3)cc2)C=Nc2ccccc2NC=C1CCC[n+]1ccc(-c2ccncc2)cc1. The Hall–Kier alpha value is -6.54. The van der Waals surface area contributed by atoms with Crippen LogP contribution in [0.15, 0.2) is 180 Å². The highest BCUT2D eigenvalue weighted by molar-refractivity contribution is 5.87. The van der Waals surface area contributed by atoms with E-state index in [-0.39, 0.29) is 0 Å².